The average molecular weight is 429 g/mol. The van der Waals surface area contributed by atoms with Crippen LogP contribution in [-0.2, 0) is 0 Å². The summed E-state index contributed by atoms with van der Waals surface area (Å²) in [5, 5.41) is 30.2. The topological polar surface area (TPSA) is 60.7 Å². The number of aliphatic hydroxyl groups is 3. The quantitative estimate of drug-likeness (QED) is 0.513. The van der Waals surface area contributed by atoms with Crippen molar-refractivity contribution in [3.63, 3.8) is 0 Å². The van der Waals surface area contributed by atoms with Gasteiger partial charge in [0.15, 0.2) is 0 Å². The van der Waals surface area contributed by atoms with Crippen molar-refractivity contribution in [2.24, 2.45) is 40.4 Å². The Labute approximate surface area is 189 Å². The summed E-state index contributed by atoms with van der Waals surface area (Å²) in [6.07, 6.45) is 17.0. The van der Waals surface area contributed by atoms with Crippen LogP contribution in [0.25, 0.3) is 0 Å². The molecule has 174 valence electrons. The normalized spacial score (nSPS) is 42.3. The van der Waals surface area contributed by atoms with Crippen molar-refractivity contribution in [1.29, 1.82) is 0 Å². The van der Waals surface area contributed by atoms with Crippen LogP contribution in [0.2, 0.25) is 0 Å². The van der Waals surface area contributed by atoms with Gasteiger partial charge in [-0.05, 0) is 93.3 Å². The zero-order valence-corrected chi connectivity index (χ0v) is 20.3. The minimum absolute atomic E-state index is 0.0200. The van der Waals surface area contributed by atoms with E-state index in [1.807, 2.05) is 0 Å². The second-order valence-electron chi connectivity index (χ2n) is 12.2. The Morgan fingerprint density at radius 1 is 1.06 bits per heavy atom. The van der Waals surface area contributed by atoms with E-state index in [1.165, 1.54) is 31.3 Å². The Morgan fingerprint density at radius 2 is 1.81 bits per heavy atom. The molecule has 3 nitrogen and oxygen atoms in total. The first kappa shape index (κ1) is 23.3. The van der Waals surface area contributed by atoms with Crippen molar-refractivity contribution in [2.45, 2.75) is 91.3 Å². The van der Waals surface area contributed by atoms with E-state index in [0.29, 0.717) is 29.1 Å². The third-order valence-electron chi connectivity index (χ3n) is 10.0. The second kappa shape index (κ2) is 8.15. The van der Waals surface area contributed by atoms with Crippen molar-refractivity contribution in [2.75, 3.05) is 6.61 Å². The van der Waals surface area contributed by atoms with Gasteiger partial charge in [0.05, 0.1) is 18.3 Å². The Balaban J connectivity index is 1.55. The maximum atomic E-state index is 10.3. The number of hydrogen-bond donors (Lipinski definition) is 3. The van der Waals surface area contributed by atoms with Crippen LogP contribution >= 0.6 is 0 Å². The molecule has 0 spiro atoms. The van der Waals surface area contributed by atoms with Crippen molar-refractivity contribution in [3.8, 4) is 0 Å². The molecule has 3 N–H and O–H groups in total. The van der Waals surface area contributed by atoms with E-state index in [2.05, 4.69) is 45.1 Å². The highest BCUT2D eigenvalue weighted by molar-refractivity contribution is 5.39. The first-order valence-electron chi connectivity index (χ1n) is 12.6. The zero-order valence-electron chi connectivity index (χ0n) is 20.3. The number of allylic oxidation sites excluding steroid dienone is 4. The second-order valence-corrected chi connectivity index (χ2v) is 12.2. The molecule has 0 aromatic carbocycles. The van der Waals surface area contributed by atoms with Crippen LogP contribution in [0.15, 0.2) is 35.5 Å². The minimum atomic E-state index is -0.898. The van der Waals surface area contributed by atoms with Crippen LogP contribution in [0, 0.1) is 40.4 Å². The summed E-state index contributed by atoms with van der Waals surface area (Å²) < 4.78 is 0. The molecule has 0 heterocycles. The Hall–Kier alpha value is -0.900. The fourth-order valence-corrected chi connectivity index (χ4v) is 7.85. The third-order valence-corrected chi connectivity index (χ3v) is 10.0. The van der Waals surface area contributed by atoms with Gasteiger partial charge < -0.3 is 15.3 Å². The highest BCUT2D eigenvalue weighted by Gasteiger charge is 2.56. The predicted octanol–water partition coefficient (Wildman–Crippen LogP) is 5.42. The molecule has 0 radical (unpaired) electrons. The smallest absolute Gasteiger partial charge is 0.0676 e. The molecule has 0 aliphatic heterocycles. The zero-order chi connectivity index (χ0) is 22.6. The molecule has 4 aliphatic rings. The molecule has 3 fully saturated rings. The summed E-state index contributed by atoms with van der Waals surface area (Å²) in [5.41, 5.74) is 2.85. The first-order valence-corrected chi connectivity index (χ1v) is 12.6. The number of hydrogen-bond acceptors (Lipinski definition) is 3. The van der Waals surface area contributed by atoms with Crippen molar-refractivity contribution in [1.82, 2.24) is 0 Å². The lowest BCUT2D eigenvalue weighted by Crippen LogP contribution is -2.46. The Morgan fingerprint density at radius 3 is 2.48 bits per heavy atom. The largest absolute Gasteiger partial charge is 0.396 e. The van der Waals surface area contributed by atoms with Crippen LogP contribution in [0.3, 0.4) is 0 Å². The highest BCUT2D eigenvalue weighted by atomic mass is 16.3. The van der Waals surface area contributed by atoms with Gasteiger partial charge in [0.25, 0.3) is 0 Å². The van der Waals surface area contributed by atoms with Gasteiger partial charge in [-0.1, -0.05) is 56.2 Å². The van der Waals surface area contributed by atoms with Crippen LogP contribution < -0.4 is 0 Å². The third kappa shape index (κ3) is 3.89. The van der Waals surface area contributed by atoms with E-state index in [4.69, 9.17) is 0 Å². The summed E-state index contributed by atoms with van der Waals surface area (Å²) in [6, 6.07) is 0. The number of fused-ring (bicyclic) bond motifs is 5. The number of rotatable bonds is 5. The lowest BCUT2D eigenvalue weighted by Gasteiger charge is -2.55. The molecule has 0 bridgehead atoms. The van der Waals surface area contributed by atoms with E-state index >= 15 is 0 Å². The lowest BCUT2D eigenvalue weighted by molar-refractivity contribution is 0.0126. The lowest BCUT2D eigenvalue weighted by atomic mass is 9.50. The van der Waals surface area contributed by atoms with E-state index in [9.17, 15) is 15.3 Å². The maximum absolute atomic E-state index is 10.3. The Kier molecular flexibility index (Phi) is 6.12. The fourth-order valence-electron chi connectivity index (χ4n) is 7.85. The van der Waals surface area contributed by atoms with E-state index in [-0.39, 0.29) is 24.0 Å². The van der Waals surface area contributed by atoms with Gasteiger partial charge in [0.1, 0.15) is 0 Å². The average Bonchev–Trinajstić information content (AvgIpc) is 3.05. The van der Waals surface area contributed by atoms with Gasteiger partial charge >= 0.3 is 0 Å². The monoisotopic (exact) mass is 428 g/mol. The molecule has 0 aromatic heterocycles. The van der Waals surface area contributed by atoms with Crippen LogP contribution in [-0.4, -0.2) is 33.6 Å². The first-order chi connectivity index (χ1) is 14.5. The predicted molar refractivity (Wildman–Crippen MR) is 126 cm³/mol. The van der Waals surface area contributed by atoms with Gasteiger partial charge in [0.2, 0.25) is 0 Å². The number of aliphatic hydroxyl groups excluding tert-OH is 2. The molecular formula is C28H44O3. The van der Waals surface area contributed by atoms with Crippen molar-refractivity contribution in [3.05, 3.63) is 35.5 Å². The molecule has 31 heavy (non-hydrogen) atoms. The summed E-state index contributed by atoms with van der Waals surface area (Å²) in [6.45, 7) is 10.9. The van der Waals surface area contributed by atoms with E-state index in [1.54, 1.807) is 19.4 Å². The molecule has 0 unspecified atom stereocenters. The summed E-state index contributed by atoms with van der Waals surface area (Å²) in [7, 11) is 0. The molecule has 0 aromatic rings. The fraction of sp³-hybridized carbons (Fsp3) is 0.786. The molecule has 3 heteroatoms. The van der Waals surface area contributed by atoms with Gasteiger partial charge in [-0.2, -0.15) is 0 Å². The summed E-state index contributed by atoms with van der Waals surface area (Å²) in [5.74, 6) is 2.18. The molecule has 0 amide bonds. The molecule has 0 saturated heterocycles. The molecular weight excluding hydrogens is 384 g/mol. The van der Waals surface area contributed by atoms with Crippen LogP contribution in [0.1, 0.15) is 79.6 Å². The van der Waals surface area contributed by atoms with Crippen LogP contribution in [0.5, 0.6) is 0 Å². The summed E-state index contributed by atoms with van der Waals surface area (Å²) in [4.78, 5) is 0. The molecule has 3 saturated carbocycles. The molecule has 4 rings (SSSR count). The molecule has 8 atom stereocenters. The molecule has 4 aliphatic carbocycles. The van der Waals surface area contributed by atoms with E-state index in [0.717, 1.165) is 19.3 Å². The van der Waals surface area contributed by atoms with Crippen molar-refractivity contribution >= 4 is 0 Å². The minimum Gasteiger partial charge on any atom is -0.396 e. The van der Waals surface area contributed by atoms with Crippen LogP contribution in [0.4, 0.5) is 0 Å². The SMILES string of the molecule is C[C@H](/C=C/[C@H](CO)C(C)(C)O)[C@H]1CC[C@H]2C3=CC=C4C[C@@H](O)CC[C@]4(C)[C@H]3CC[C@]12C. The van der Waals surface area contributed by atoms with Gasteiger partial charge in [-0.3, -0.25) is 0 Å². The van der Waals surface area contributed by atoms with Gasteiger partial charge in [0, 0.05) is 5.92 Å². The standard InChI is InChI=1S/C28H44O3/c1-18(6-7-20(17-29)26(2,3)31)23-10-11-24-22-9-8-19-16-21(30)12-14-27(19,4)25(22)13-15-28(23,24)5/h6-9,18,20-21,23-25,29-31H,10-17H2,1-5H3/b7-6+/t18-,20-,21+,23-,24+,25+,27+,28-/m1/s1. The van der Waals surface area contributed by atoms with E-state index < -0.39 is 5.60 Å². The Bertz CT molecular complexity index is 772. The van der Waals surface area contributed by atoms with Gasteiger partial charge in [-0.25, -0.2) is 0 Å². The van der Waals surface area contributed by atoms with Crippen molar-refractivity contribution < 1.29 is 15.3 Å². The van der Waals surface area contributed by atoms with Gasteiger partial charge in [-0.15, -0.1) is 0 Å². The highest BCUT2D eigenvalue weighted by Crippen LogP contribution is 2.66. The summed E-state index contributed by atoms with van der Waals surface area (Å²) >= 11 is 0. The maximum Gasteiger partial charge on any atom is 0.0676 e.